The van der Waals surface area contributed by atoms with Crippen molar-refractivity contribution >= 4 is 28.9 Å². The van der Waals surface area contributed by atoms with Crippen molar-refractivity contribution in [1.82, 2.24) is 0 Å². The number of phenols is 1. The van der Waals surface area contributed by atoms with Crippen molar-refractivity contribution in [3.63, 3.8) is 0 Å². The highest BCUT2D eigenvalue weighted by molar-refractivity contribution is 6.32. The average Bonchev–Trinajstić information content (AvgIpc) is 2.92. The van der Waals surface area contributed by atoms with E-state index in [1.165, 1.54) is 13.0 Å². The number of carbonyl (C=O) groups excluding carboxylic acids is 5. The van der Waals surface area contributed by atoms with E-state index in [9.17, 15) is 39.3 Å². The van der Waals surface area contributed by atoms with Crippen LogP contribution in [0.2, 0.25) is 0 Å². The Labute approximate surface area is 257 Å². The van der Waals surface area contributed by atoms with Gasteiger partial charge in [0.15, 0.2) is 28.7 Å². The Balaban J connectivity index is 1.79. The number of aliphatic hydroxyl groups is 2. The quantitative estimate of drug-likeness (QED) is 0.443. The Hall–Kier alpha value is -3.49. The van der Waals surface area contributed by atoms with E-state index >= 15 is 0 Å². The summed E-state index contributed by atoms with van der Waals surface area (Å²) in [6.45, 7) is 13.7. The van der Waals surface area contributed by atoms with E-state index in [1.54, 1.807) is 32.9 Å². The maximum absolute atomic E-state index is 14.7. The molecule has 8 nitrogen and oxygen atoms in total. The number of rotatable bonds is 4. The van der Waals surface area contributed by atoms with Crippen LogP contribution in [-0.4, -0.2) is 55.9 Å². The van der Waals surface area contributed by atoms with Gasteiger partial charge in [-0.2, -0.15) is 0 Å². The number of hydrogen-bond acceptors (Lipinski definition) is 8. The fourth-order valence-electron chi connectivity index (χ4n) is 8.86. The fourth-order valence-corrected chi connectivity index (χ4v) is 8.86. The molecular weight excluding hydrogens is 560 g/mol. The molecule has 3 aliphatic carbocycles. The van der Waals surface area contributed by atoms with Crippen LogP contribution < -0.4 is 0 Å². The van der Waals surface area contributed by atoms with Crippen LogP contribution in [0.1, 0.15) is 88.4 Å². The third kappa shape index (κ3) is 3.92. The van der Waals surface area contributed by atoms with Crippen molar-refractivity contribution in [2.24, 2.45) is 34.5 Å². The molecular formula is C36H42O8. The second-order valence-electron chi connectivity index (χ2n) is 14.9. The highest BCUT2D eigenvalue weighted by atomic mass is 16.3. The highest BCUT2D eigenvalue weighted by Gasteiger charge is 2.80. The summed E-state index contributed by atoms with van der Waals surface area (Å²) in [5.74, 6) is -11.3. The summed E-state index contributed by atoms with van der Waals surface area (Å²) in [5, 5.41) is 35.8. The van der Waals surface area contributed by atoms with Crippen LogP contribution in [0.5, 0.6) is 5.75 Å². The first-order valence-corrected chi connectivity index (χ1v) is 15.3. The van der Waals surface area contributed by atoms with Crippen LogP contribution in [0.3, 0.4) is 0 Å². The monoisotopic (exact) mass is 602 g/mol. The van der Waals surface area contributed by atoms with Crippen LogP contribution in [0.15, 0.2) is 42.5 Å². The van der Waals surface area contributed by atoms with Crippen molar-refractivity contribution in [2.75, 3.05) is 0 Å². The smallest absolute Gasteiger partial charge is 0.191 e. The van der Waals surface area contributed by atoms with Gasteiger partial charge in [0.1, 0.15) is 17.5 Å². The molecule has 3 N–H and O–H groups in total. The molecule has 5 rings (SSSR count). The minimum absolute atomic E-state index is 0.0955. The molecule has 3 aliphatic rings. The van der Waals surface area contributed by atoms with Crippen LogP contribution in [0, 0.1) is 34.5 Å². The number of fused-ring (bicyclic) bond motifs is 3. The lowest BCUT2D eigenvalue weighted by Crippen LogP contribution is -2.82. The van der Waals surface area contributed by atoms with Gasteiger partial charge in [-0.3, -0.25) is 24.0 Å². The van der Waals surface area contributed by atoms with E-state index < -0.39 is 81.0 Å². The summed E-state index contributed by atoms with van der Waals surface area (Å²) >= 11 is 0. The van der Waals surface area contributed by atoms with Gasteiger partial charge in [0.05, 0.1) is 17.6 Å². The van der Waals surface area contributed by atoms with E-state index in [0.29, 0.717) is 5.56 Å². The molecule has 0 heterocycles. The second-order valence-corrected chi connectivity index (χ2v) is 14.9. The summed E-state index contributed by atoms with van der Waals surface area (Å²) in [7, 11) is 0. The largest absolute Gasteiger partial charge is 0.507 e. The molecule has 2 aromatic rings. The van der Waals surface area contributed by atoms with Crippen molar-refractivity contribution in [1.29, 1.82) is 0 Å². The summed E-state index contributed by atoms with van der Waals surface area (Å²) in [6, 6.07) is 12.5. The number of aliphatic hydroxyl groups excluding tert-OH is 1. The highest BCUT2D eigenvalue weighted by Crippen LogP contribution is 2.67. The van der Waals surface area contributed by atoms with E-state index in [2.05, 4.69) is 20.8 Å². The summed E-state index contributed by atoms with van der Waals surface area (Å²) in [4.78, 5) is 69.4. The molecule has 3 unspecified atom stereocenters. The summed E-state index contributed by atoms with van der Waals surface area (Å²) in [6.07, 6.45) is -1.46. The number of aromatic hydroxyl groups is 1. The van der Waals surface area contributed by atoms with E-state index in [1.807, 2.05) is 24.3 Å². The fraction of sp³-hybridized carbons (Fsp3) is 0.528. The lowest BCUT2D eigenvalue weighted by molar-refractivity contribution is -0.241. The normalized spacial score (nSPS) is 35.3. The Kier molecular flexibility index (Phi) is 7.26. The third-order valence-electron chi connectivity index (χ3n) is 11.1. The molecule has 8 atom stereocenters. The number of carbonyl (C=O) groups is 5. The summed E-state index contributed by atoms with van der Waals surface area (Å²) < 4.78 is 0. The molecule has 8 heteroatoms. The van der Waals surface area contributed by atoms with Gasteiger partial charge in [0.25, 0.3) is 0 Å². The molecule has 0 radical (unpaired) electrons. The Morgan fingerprint density at radius 3 is 2.07 bits per heavy atom. The summed E-state index contributed by atoms with van der Waals surface area (Å²) in [5.41, 5.74) is -4.45. The van der Waals surface area contributed by atoms with Crippen molar-refractivity contribution in [3.05, 3.63) is 64.7 Å². The molecule has 0 amide bonds. The Morgan fingerprint density at radius 1 is 0.955 bits per heavy atom. The zero-order chi connectivity index (χ0) is 32.9. The molecule has 234 valence electrons. The number of hydrogen-bond donors (Lipinski definition) is 3. The average molecular weight is 603 g/mol. The SMILES string of the molecule is CC(=O)C1C(=O)C(C(C)C)[C@@]2(C)[C@H](O)[C@]3(C)C(C(=O)c4c(O)cccc4[C@H]3Cc3ccc(C(C)(C)C)cc3)C(=O)[C@@]2(O)C1=O. The van der Waals surface area contributed by atoms with Gasteiger partial charge >= 0.3 is 0 Å². The maximum atomic E-state index is 14.7. The minimum atomic E-state index is -2.99. The number of benzene rings is 2. The molecule has 2 aromatic carbocycles. The first-order valence-electron chi connectivity index (χ1n) is 15.3. The van der Waals surface area contributed by atoms with Crippen LogP contribution in [-0.2, 0) is 31.0 Å². The van der Waals surface area contributed by atoms with Gasteiger partial charge in [0.2, 0.25) is 0 Å². The van der Waals surface area contributed by atoms with Crippen molar-refractivity contribution in [3.8, 4) is 5.75 Å². The van der Waals surface area contributed by atoms with E-state index in [0.717, 1.165) is 18.1 Å². The van der Waals surface area contributed by atoms with Gasteiger partial charge < -0.3 is 15.3 Å². The number of phenolic OH excluding ortho intramolecular Hbond substituents is 1. The number of ketones is 5. The van der Waals surface area contributed by atoms with Crippen molar-refractivity contribution in [2.45, 2.75) is 84.8 Å². The molecule has 2 saturated carbocycles. The lowest BCUT2D eigenvalue weighted by atomic mass is 9.37. The third-order valence-corrected chi connectivity index (χ3v) is 11.1. The Morgan fingerprint density at radius 2 is 1.55 bits per heavy atom. The lowest BCUT2D eigenvalue weighted by Gasteiger charge is -2.65. The van der Waals surface area contributed by atoms with Crippen LogP contribution >= 0.6 is 0 Å². The Bertz CT molecular complexity index is 1600. The molecule has 44 heavy (non-hydrogen) atoms. The minimum Gasteiger partial charge on any atom is -0.507 e. The van der Waals surface area contributed by atoms with E-state index in [-0.39, 0.29) is 23.1 Å². The second kappa shape index (κ2) is 10.0. The first kappa shape index (κ1) is 31.9. The van der Waals surface area contributed by atoms with Gasteiger partial charge in [-0.1, -0.05) is 84.9 Å². The molecule has 0 aromatic heterocycles. The molecule has 0 aliphatic heterocycles. The van der Waals surface area contributed by atoms with Gasteiger partial charge in [-0.15, -0.1) is 0 Å². The maximum Gasteiger partial charge on any atom is 0.191 e. The van der Waals surface area contributed by atoms with Gasteiger partial charge in [-0.05, 0) is 53.4 Å². The van der Waals surface area contributed by atoms with Crippen LogP contribution in [0.25, 0.3) is 0 Å². The van der Waals surface area contributed by atoms with Gasteiger partial charge in [0, 0.05) is 16.7 Å². The first-order chi connectivity index (χ1) is 20.3. The standard InChI is InChI=1S/C36H42O8/c1-17(2)26-28(39)24(18(3)37)30(41)36(44)31(42)27-29(40)25-21(10-9-11-23(25)38)22(34(27,7)32(43)35(26,36)8)16-19-12-14-20(15-13-19)33(4,5)6/h9-15,17,22,24,26-27,32,38,43-44H,16H2,1-8H3/t22-,24?,26?,27?,32-,34+,35+,36+/m1/s1. The topological polar surface area (TPSA) is 146 Å². The van der Waals surface area contributed by atoms with Crippen molar-refractivity contribution < 1.29 is 39.3 Å². The zero-order valence-electron chi connectivity index (χ0n) is 26.6. The predicted octanol–water partition coefficient (Wildman–Crippen LogP) is 4.15. The molecule has 0 spiro atoms. The zero-order valence-corrected chi connectivity index (χ0v) is 26.6. The molecule has 0 saturated heterocycles. The van der Waals surface area contributed by atoms with E-state index in [4.69, 9.17) is 0 Å². The van der Waals surface area contributed by atoms with Crippen LogP contribution in [0.4, 0.5) is 0 Å². The predicted molar refractivity (Wildman–Crippen MR) is 162 cm³/mol. The molecule has 2 fully saturated rings. The molecule has 0 bridgehead atoms. The van der Waals surface area contributed by atoms with Gasteiger partial charge in [-0.25, -0.2) is 0 Å². The number of Topliss-reactive ketones (excluding diaryl/α,β-unsaturated/α-hetero) is 5.